The lowest BCUT2D eigenvalue weighted by Crippen LogP contribution is -2.31. The Morgan fingerprint density at radius 1 is 1.11 bits per heavy atom. The van der Waals surface area contributed by atoms with Crippen molar-refractivity contribution < 1.29 is 0 Å². The smallest absolute Gasteiger partial charge is 0.227 e. The first-order valence-electron chi connectivity index (χ1n) is 6.77. The molecule has 0 fully saturated rings. The van der Waals surface area contributed by atoms with Crippen LogP contribution in [-0.2, 0) is 0 Å². The molecule has 0 atom stereocenters. The summed E-state index contributed by atoms with van der Waals surface area (Å²) in [6.07, 6.45) is 2.83. The zero-order chi connectivity index (χ0) is 13.4. The zero-order valence-corrected chi connectivity index (χ0v) is 11.8. The summed E-state index contributed by atoms with van der Waals surface area (Å²) in [6.45, 7) is 11.7. The van der Waals surface area contributed by atoms with Crippen LogP contribution < -0.4 is 10.6 Å². The van der Waals surface area contributed by atoms with E-state index in [-0.39, 0.29) is 0 Å². The van der Waals surface area contributed by atoms with Crippen LogP contribution in [0.15, 0.2) is 12.3 Å². The maximum atomic E-state index is 5.69. The number of anilines is 2. The molecule has 2 N–H and O–H groups in total. The maximum Gasteiger partial charge on any atom is 0.227 e. The van der Waals surface area contributed by atoms with E-state index in [2.05, 4.69) is 40.5 Å². The number of hydrogen-bond acceptors (Lipinski definition) is 5. The van der Waals surface area contributed by atoms with Gasteiger partial charge in [0.25, 0.3) is 0 Å². The Morgan fingerprint density at radius 3 is 2.39 bits per heavy atom. The molecule has 0 amide bonds. The van der Waals surface area contributed by atoms with E-state index >= 15 is 0 Å². The molecule has 5 nitrogen and oxygen atoms in total. The van der Waals surface area contributed by atoms with E-state index in [0.29, 0.717) is 5.82 Å². The summed E-state index contributed by atoms with van der Waals surface area (Å²) < 4.78 is 0. The first-order chi connectivity index (χ1) is 8.71. The highest BCUT2D eigenvalue weighted by atomic mass is 15.3. The van der Waals surface area contributed by atoms with Crippen LogP contribution in [0.25, 0.3) is 0 Å². The predicted molar refractivity (Wildman–Crippen MR) is 76.7 cm³/mol. The predicted octanol–water partition coefficient (Wildman–Crippen LogP) is 1.62. The molecule has 1 aromatic rings. The highest BCUT2D eigenvalue weighted by molar-refractivity contribution is 5.37. The Bertz CT molecular complexity index is 338. The minimum atomic E-state index is 0.530. The standard InChI is InChI=1S/C13H25N5/c1-4-17(5-2)10-7-11-18(6-3)13-15-9-8-12(14)16-13/h8-9H,4-7,10-11H2,1-3H3,(H2,14,15,16). The lowest BCUT2D eigenvalue weighted by molar-refractivity contribution is 0.300. The van der Waals surface area contributed by atoms with Crippen LogP contribution in [0.1, 0.15) is 27.2 Å². The van der Waals surface area contributed by atoms with Crippen LogP contribution in [0.4, 0.5) is 11.8 Å². The van der Waals surface area contributed by atoms with Crippen LogP contribution in [0.3, 0.4) is 0 Å². The molecule has 0 radical (unpaired) electrons. The second-order valence-electron chi connectivity index (χ2n) is 4.24. The first-order valence-corrected chi connectivity index (χ1v) is 6.77. The quantitative estimate of drug-likeness (QED) is 0.761. The summed E-state index contributed by atoms with van der Waals surface area (Å²) in [5, 5.41) is 0. The summed E-state index contributed by atoms with van der Waals surface area (Å²) in [6, 6.07) is 1.72. The van der Waals surface area contributed by atoms with E-state index < -0.39 is 0 Å². The molecule has 0 aliphatic rings. The first kappa shape index (κ1) is 14.7. The van der Waals surface area contributed by atoms with Gasteiger partial charge < -0.3 is 15.5 Å². The summed E-state index contributed by atoms with van der Waals surface area (Å²) >= 11 is 0. The average Bonchev–Trinajstić information content (AvgIpc) is 2.39. The summed E-state index contributed by atoms with van der Waals surface area (Å²) in [7, 11) is 0. The maximum absolute atomic E-state index is 5.69. The second-order valence-corrected chi connectivity index (χ2v) is 4.24. The summed E-state index contributed by atoms with van der Waals surface area (Å²) in [5.41, 5.74) is 5.69. The number of hydrogen-bond donors (Lipinski definition) is 1. The van der Waals surface area contributed by atoms with Crippen molar-refractivity contribution in [3.05, 3.63) is 12.3 Å². The van der Waals surface area contributed by atoms with Gasteiger partial charge in [0.05, 0.1) is 0 Å². The Balaban J connectivity index is 2.47. The van der Waals surface area contributed by atoms with E-state index in [4.69, 9.17) is 5.73 Å². The van der Waals surface area contributed by atoms with Crippen LogP contribution in [0.2, 0.25) is 0 Å². The molecule has 0 saturated carbocycles. The average molecular weight is 251 g/mol. The largest absolute Gasteiger partial charge is 0.384 e. The van der Waals surface area contributed by atoms with Gasteiger partial charge in [0.1, 0.15) is 5.82 Å². The molecule has 102 valence electrons. The Morgan fingerprint density at radius 2 is 1.83 bits per heavy atom. The molecule has 0 aromatic carbocycles. The van der Waals surface area contributed by atoms with Gasteiger partial charge in [-0.15, -0.1) is 0 Å². The third-order valence-electron chi connectivity index (χ3n) is 3.13. The molecular weight excluding hydrogens is 226 g/mol. The number of rotatable bonds is 8. The van der Waals surface area contributed by atoms with Crippen LogP contribution >= 0.6 is 0 Å². The van der Waals surface area contributed by atoms with Gasteiger partial charge in [-0.3, -0.25) is 0 Å². The van der Waals surface area contributed by atoms with Gasteiger partial charge in [0.15, 0.2) is 0 Å². The molecule has 1 heterocycles. The number of nitrogen functional groups attached to an aromatic ring is 1. The number of nitrogens with zero attached hydrogens (tertiary/aromatic N) is 4. The van der Waals surface area contributed by atoms with Gasteiger partial charge in [0.2, 0.25) is 5.95 Å². The lowest BCUT2D eigenvalue weighted by Gasteiger charge is -2.23. The van der Waals surface area contributed by atoms with Crippen molar-refractivity contribution in [2.45, 2.75) is 27.2 Å². The van der Waals surface area contributed by atoms with Crippen molar-refractivity contribution in [2.75, 3.05) is 43.4 Å². The van der Waals surface area contributed by atoms with Crippen LogP contribution in [0, 0.1) is 0 Å². The highest BCUT2D eigenvalue weighted by Gasteiger charge is 2.08. The molecule has 5 heteroatoms. The van der Waals surface area contributed by atoms with Gasteiger partial charge in [-0.05, 0) is 39.0 Å². The molecule has 1 rings (SSSR count). The molecule has 1 aromatic heterocycles. The van der Waals surface area contributed by atoms with Gasteiger partial charge in [-0.25, -0.2) is 4.98 Å². The molecule has 0 saturated heterocycles. The van der Waals surface area contributed by atoms with Crippen LogP contribution in [-0.4, -0.2) is 47.6 Å². The van der Waals surface area contributed by atoms with Gasteiger partial charge in [-0.1, -0.05) is 13.8 Å². The van der Waals surface area contributed by atoms with Crippen molar-refractivity contribution in [3.8, 4) is 0 Å². The lowest BCUT2D eigenvalue weighted by atomic mass is 10.3. The van der Waals surface area contributed by atoms with Crippen LogP contribution in [0.5, 0.6) is 0 Å². The Labute approximate surface area is 110 Å². The summed E-state index contributed by atoms with van der Waals surface area (Å²) in [5.74, 6) is 1.26. The minimum absolute atomic E-state index is 0.530. The Hall–Kier alpha value is -1.36. The number of nitrogens with two attached hydrogens (primary N) is 1. The summed E-state index contributed by atoms with van der Waals surface area (Å²) in [4.78, 5) is 13.1. The van der Waals surface area contributed by atoms with Gasteiger partial charge in [-0.2, -0.15) is 4.98 Å². The van der Waals surface area contributed by atoms with Gasteiger partial charge >= 0.3 is 0 Å². The van der Waals surface area contributed by atoms with E-state index in [9.17, 15) is 0 Å². The molecule has 0 spiro atoms. The molecular formula is C13H25N5. The monoisotopic (exact) mass is 251 g/mol. The number of aromatic nitrogens is 2. The Kier molecular flexibility index (Phi) is 6.43. The fourth-order valence-electron chi connectivity index (χ4n) is 1.94. The van der Waals surface area contributed by atoms with E-state index in [0.717, 1.165) is 45.1 Å². The fourth-order valence-corrected chi connectivity index (χ4v) is 1.94. The van der Waals surface area contributed by atoms with Crippen molar-refractivity contribution in [2.24, 2.45) is 0 Å². The van der Waals surface area contributed by atoms with E-state index in [1.807, 2.05) is 0 Å². The van der Waals surface area contributed by atoms with Crippen molar-refractivity contribution >= 4 is 11.8 Å². The molecule has 18 heavy (non-hydrogen) atoms. The van der Waals surface area contributed by atoms with E-state index in [1.54, 1.807) is 12.3 Å². The van der Waals surface area contributed by atoms with E-state index in [1.165, 1.54) is 0 Å². The van der Waals surface area contributed by atoms with Gasteiger partial charge in [0, 0.05) is 19.3 Å². The zero-order valence-electron chi connectivity index (χ0n) is 11.8. The normalized spacial score (nSPS) is 10.9. The molecule has 0 unspecified atom stereocenters. The molecule has 0 aliphatic carbocycles. The third-order valence-corrected chi connectivity index (χ3v) is 3.13. The van der Waals surface area contributed by atoms with Crippen molar-refractivity contribution in [3.63, 3.8) is 0 Å². The van der Waals surface area contributed by atoms with Crippen molar-refractivity contribution in [1.29, 1.82) is 0 Å². The molecule has 0 aliphatic heterocycles. The minimum Gasteiger partial charge on any atom is -0.384 e. The molecule has 0 bridgehead atoms. The fraction of sp³-hybridized carbons (Fsp3) is 0.692. The third kappa shape index (κ3) is 4.49. The second kappa shape index (κ2) is 7.87. The topological polar surface area (TPSA) is 58.3 Å². The van der Waals surface area contributed by atoms with Crippen molar-refractivity contribution in [1.82, 2.24) is 14.9 Å². The SMILES string of the molecule is CCN(CC)CCCN(CC)c1nccc(N)n1. The highest BCUT2D eigenvalue weighted by Crippen LogP contribution is 2.09.